The fourth-order valence-corrected chi connectivity index (χ4v) is 1.06. The van der Waals surface area contributed by atoms with Gasteiger partial charge >= 0.3 is 0 Å². The van der Waals surface area contributed by atoms with Gasteiger partial charge in [-0.25, -0.2) is 0 Å². The van der Waals surface area contributed by atoms with Crippen molar-refractivity contribution in [3.63, 3.8) is 0 Å². The van der Waals surface area contributed by atoms with E-state index in [9.17, 15) is 10.1 Å². The van der Waals surface area contributed by atoms with Gasteiger partial charge in [0.25, 0.3) is 5.69 Å². The Labute approximate surface area is 79.6 Å². The molecule has 0 aliphatic carbocycles. The minimum atomic E-state index is -0.570. The first-order valence-corrected chi connectivity index (χ1v) is 3.69. The van der Waals surface area contributed by atoms with Gasteiger partial charge in [-0.1, -0.05) is 11.2 Å². The molecule has 0 atom stereocenters. The first-order chi connectivity index (χ1) is 6.70. The fourth-order valence-electron chi connectivity index (χ4n) is 1.06. The molecule has 1 N–H and O–H groups in total. The minimum Gasteiger partial charge on any atom is -0.496 e. The monoisotopic (exact) mass is 196 g/mol. The minimum absolute atomic E-state index is 0.141. The normalized spacial score (nSPS) is 10.4. The molecule has 74 valence electrons. The van der Waals surface area contributed by atoms with Crippen molar-refractivity contribution in [2.45, 2.75) is 0 Å². The van der Waals surface area contributed by atoms with Crippen molar-refractivity contribution < 1.29 is 14.9 Å². The van der Waals surface area contributed by atoms with Crippen LogP contribution in [0.5, 0.6) is 5.75 Å². The molecule has 0 radical (unpaired) electrons. The average Bonchev–Trinajstić information content (AvgIpc) is 2.18. The van der Waals surface area contributed by atoms with Gasteiger partial charge in [0.05, 0.1) is 18.2 Å². The number of nitro groups is 1. The topological polar surface area (TPSA) is 85.0 Å². The van der Waals surface area contributed by atoms with Crippen molar-refractivity contribution in [2.24, 2.45) is 5.16 Å². The lowest BCUT2D eigenvalue weighted by Crippen LogP contribution is -1.97. The van der Waals surface area contributed by atoms with Gasteiger partial charge in [0, 0.05) is 6.07 Å². The summed E-state index contributed by atoms with van der Waals surface area (Å²) in [7, 11) is 1.38. The van der Waals surface area contributed by atoms with Crippen LogP contribution in [0.2, 0.25) is 0 Å². The molecule has 0 saturated carbocycles. The summed E-state index contributed by atoms with van der Waals surface area (Å²) in [5.74, 6) is 0.289. The lowest BCUT2D eigenvalue weighted by Gasteiger charge is -2.03. The molecule has 0 unspecified atom stereocenters. The molecule has 1 aromatic rings. The van der Waals surface area contributed by atoms with E-state index in [1.54, 1.807) is 6.07 Å². The predicted octanol–water partition coefficient (Wildman–Crippen LogP) is 1.41. The molecule has 0 aromatic heterocycles. The van der Waals surface area contributed by atoms with E-state index in [0.29, 0.717) is 0 Å². The van der Waals surface area contributed by atoms with Gasteiger partial charge in [0.2, 0.25) is 0 Å². The molecule has 6 heteroatoms. The number of hydrogen-bond donors (Lipinski definition) is 1. The number of nitro benzene ring substituents is 1. The summed E-state index contributed by atoms with van der Waals surface area (Å²) >= 11 is 0. The first kappa shape index (κ1) is 9.97. The Kier molecular flexibility index (Phi) is 3.01. The van der Waals surface area contributed by atoms with Crippen molar-refractivity contribution in [3.8, 4) is 5.75 Å². The van der Waals surface area contributed by atoms with Crippen LogP contribution in [-0.2, 0) is 0 Å². The SMILES string of the molecule is COc1cccc([N+](=O)[O-])c1C=NO. The quantitative estimate of drug-likeness (QED) is 0.343. The van der Waals surface area contributed by atoms with E-state index >= 15 is 0 Å². The maximum absolute atomic E-state index is 10.6. The van der Waals surface area contributed by atoms with E-state index in [2.05, 4.69) is 5.16 Å². The van der Waals surface area contributed by atoms with Crippen molar-refractivity contribution in [2.75, 3.05) is 7.11 Å². The first-order valence-electron chi connectivity index (χ1n) is 3.69. The number of rotatable bonds is 3. The van der Waals surface area contributed by atoms with Gasteiger partial charge in [0.1, 0.15) is 11.3 Å². The largest absolute Gasteiger partial charge is 0.496 e. The van der Waals surface area contributed by atoms with E-state index in [0.717, 1.165) is 6.21 Å². The summed E-state index contributed by atoms with van der Waals surface area (Å²) in [5, 5.41) is 21.7. The number of oxime groups is 1. The Hall–Kier alpha value is -2.11. The lowest BCUT2D eigenvalue weighted by molar-refractivity contribution is -0.385. The predicted molar refractivity (Wildman–Crippen MR) is 49.0 cm³/mol. The molecule has 1 rings (SSSR count). The highest BCUT2D eigenvalue weighted by atomic mass is 16.6. The van der Waals surface area contributed by atoms with Gasteiger partial charge in [-0.15, -0.1) is 0 Å². The highest BCUT2D eigenvalue weighted by Crippen LogP contribution is 2.25. The van der Waals surface area contributed by atoms with Crippen LogP contribution in [0.15, 0.2) is 23.4 Å². The summed E-state index contributed by atoms with van der Waals surface area (Å²) < 4.78 is 4.88. The van der Waals surface area contributed by atoms with Crippen LogP contribution in [0.4, 0.5) is 5.69 Å². The Morgan fingerprint density at radius 1 is 1.64 bits per heavy atom. The second-order valence-electron chi connectivity index (χ2n) is 2.39. The molecule has 6 nitrogen and oxygen atoms in total. The van der Waals surface area contributed by atoms with E-state index in [1.807, 2.05) is 0 Å². The number of hydrogen-bond acceptors (Lipinski definition) is 5. The van der Waals surface area contributed by atoms with Crippen LogP contribution < -0.4 is 4.74 Å². The van der Waals surface area contributed by atoms with Gasteiger partial charge < -0.3 is 9.94 Å². The third-order valence-electron chi connectivity index (χ3n) is 1.65. The lowest BCUT2D eigenvalue weighted by atomic mass is 10.2. The summed E-state index contributed by atoms with van der Waals surface area (Å²) in [5.41, 5.74) is -0.0235. The zero-order chi connectivity index (χ0) is 10.6. The summed E-state index contributed by atoms with van der Waals surface area (Å²) in [4.78, 5) is 10.0. The highest BCUT2D eigenvalue weighted by molar-refractivity contribution is 5.88. The second-order valence-corrected chi connectivity index (χ2v) is 2.39. The smallest absolute Gasteiger partial charge is 0.282 e. The third kappa shape index (κ3) is 1.79. The van der Waals surface area contributed by atoms with Gasteiger partial charge in [0.15, 0.2) is 0 Å². The number of nitrogens with zero attached hydrogens (tertiary/aromatic N) is 2. The van der Waals surface area contributed by atoms with Gasteiger partial charge in [-0.2, -0.15) is 0 Å². The van der Waals surface area contributed by atoms with Crippen molar-refractivity contribution in [1.82, 2.24) is 0 Å². The molecule has 0 bridgehead atoms. The molecule has 1 aromatic carbocycles. The second kappa shape index (κ2) is 4.22. The maximum atomic E-state index is 10.6. The summed E-state index contributed by atoms with van der Waals surface area (Å²) in [6.07, 6.45) is 0.969. The standard InChI is InChI=1S/C8H8N2O4/c1-14-8-4-2-3-7(10(12)13)6(8)5-9-11/h2-5,11H,1H3. The number of benzene rings is 1. The summed E-state index contributed by atoms with van der Waals surface area (Å²) in [6, 6.07) is 4.34. The maximum Gasteiger partial charge on any atom is 0.282 e. The summed E-state index contributed by atoms with van der Waals surface area (Å²) in [6.45, 7) is 0. The van der Waals surface area contributed by atoms with Crippen LogP contribution >= 0.6 is 0 Å². The molecule has 0 amide bonds. The molecule has 0 spiro atoms. The van der Waals surface area contributed by atoms with Crippen molar-refractivity contribution in [3.05, 3.63) is 33.9 Å². The molecule has 0 fully saturated rings. The van der Waals surface area contributed by atoms with Crippen molar-refractivity contribution >= 4 is 11.9 Å². The van der Waals surface area contributed by atoms with Crippen LogP contribution in [-0.4, -0.2) is 23.5 Å². The molecule has 0 aliphatic rings. The molecular weight excluding hydrogens is 188 g/mol. The Bertz CT molecular complexity index is 376. The molecule has 0 saturated heterocycles. The zero-order valence-corrected chi connectivity index (χ0v) is 7.38. The Morgan fingerprint density at radius 3 is 2.86 bits per heavy atom. The number of methoxy groups -OCH3 is 1. The average molecular weight is 196 g/mol. The molecule has 14 heavy (non-hydrogen) atoms. The Morgan fingerprint density at radius 2 is 2.36 bits per heavy atom. The van der Waals surface area contributed by atoms with Crippen molar-refractivity contribution in [1.29, 1.82) is 0 Å². The zero-order valence-electron chi connectivity index (χ0n) is 7.38. The van der Waals surface area contributed by atoms with Gasteiger partial charge in [-0.3, -0.25) is 10.1 Å². The van der Waals surface area contributed by atoms with E-state index in [-0.39, 0.29) is 17.0 Å². The number of ether oxygens (including phenoxy) is 1. The van der Waals surface area contributed by atoms with E-state index in [4.69, 9.17) is 9.94 Å². The molecule has 0 heterocycles. The van der Waals surface area contributed by atoms with Crippen LogP contribution in [0.1, 0.15) is 5.56 Å². The third-order valence-corrected chi connectivity index (χ3v) is 1.65. The van der Waals surface area contributed by atoms with E-state index in [1.165, 1.54) is 19.2 Å². The van der Waals surface area contributed by atoms with Crippen LogP contribution in [0, 0.1) is 10.1 Å². The molecular formula is C8H8N2O4. The van der Waals surface area contributed by atoms with Crippen LogP contribution in [0.3, 0.4) is 0 Å². The Balaban J connectivity index is 3.35. The van der Waals surface area contributed by atoms with Gasteiger partial charge in [-0.05, 0) is 6.07 Å². The van der Waals surface area contributed by atoms with E-state index < -0.39 is 4.92 Å². The fraction of sp³-hybridized carbons (Fsp3) is 0.125. The molecule has 0 aliphatic heterocycles. The highest BCUT2D eigenvalue weighted by Gasteiger charge is 2.16. The van der Waals surface area contributed by atoms with Crippen LogP contribution in [0.25, 0.3) is 0 Å².